The molecule has 0 spiro atoms. The Labute approximate surface area is 161 Å². The van der Waals surface area contributed by atoms with Gasteiger partial charge in [0.2, 0.25) is 0 Å². The van der Waals surface area contributed by atoms with E-state index in [2.05, 4.69) is 80.1 Å². The Hall–Kier alpha value is -3.74. The number of H-pyrrole nitrogens is 1. The van der Waals surface area contributed by atoms with Gasteiger partial charge in [0.15, 0.2) is 11.6 Å². The maximum absolute atomic E-state index is 4.67. The molecule has 0 amide bonds. The highest BCUT2D eigenvalue weighted by Crippen LogP contribution is 2.27. The van der Waals surface area contributed by atoms with Crippen LogP contribution in [0.2, 0.25) is 0 Å². The maximum Gasteiger partial charge on any atom is 0.199 e. The van der Waals surface area contributed by atoms with Crippen molar-refractivity contribution in [2.75, 3.05) is 0 Å². The molecule has 2 aromatic carbocycles. The molecule has 138 valence electrons. The van der Waals surface area contributed by atoms with Gasteiger partial charge in [-0.1, -0.05) is 12.1 Å². The molecule has 0 fully saturated rings. The van der Waals surface area contributed by atoms with E-state index in [0.29, 0.717) is 5.82 Å². The number of aromatic nitrogens is 7. The zero-order valence-corrected chi connectivity index (χ0v) is 15.9. The van der Waals surface area contributed by atoms with Crippen LogP contribution in [0.15, 0.2) is 55.0 Å². The third kappa shape index (κ3) is 2.60. The Morgan fingerprint density at radius 3 is 2.71 bits per heavy atom. The van der Waals surface area contributed by atoms with Gasteiger partial charge in [-0.3, -0.25) is 9.67 Å². The minimum atomic E-state index is 0.621. The van der Waals surface area contributed by atoms with E-state index in [4.69, 9.17) is 0 Å². The summed E-state index contributed by atoms with van der Waals surface area (Å²) in [4.78, 5) is 9.29. The average molecular weight is 369 g/mol. The van der Waals surface area contributed by atoms with Crippen molar-refractivity contribution in [2.45, 2.75) is 13.8 Å². The Morgan fingerprint density at radius 2 is 1.89 bits per heavy atom. The van der Waals surface area contributed by atoms with Crippen molar-refractivity contribution in [1.29, 1.82) is 0 Å². The number of benzene rings is 2. The summed E-state index contributed by atoms with van der Waals surface area (Å²) in [7, 11) is 1.89. The molecule has 5 rings (SSSR count). The molecule has 0 unspecified atom stereocenters. The molecular formula is C21H19N7. The first-order chi connectivity index (χ1) is 13.6. The summed E-state index contributed by atoms with van der Waals surface area (Å²) < 4.78 is 3.91. The van der Waals surface area contributed by atoms with Crippen LogP contribution < -0.4 is 0 Å². The standard InChI is InChI=1S/C21H19N7/c1-13-4-5-14(2)19(10-13)28-12-22-17-11-15(6-7-18(17)28)21-24-20(26-27(21)3)16-8-9-23-25-16/h4-12H,1-3H3,(H,23,25). The van der Waals surface area contributed by atoms with Gasteiger partial charge in [-0.05, 0) is 55.3 Å². The molecule has 28 heavy (non-hydrogen) atoms. The summed E-state index contributed by atoms with van der Waals surface area (Å²) in [5, 5.41) is 11.4. The van der Waals surface area contributed by atoms with Gasteiger partial charge in [0.05, 0.1) is 16.7 Å². The summed E-state index contributed by atoms with van der Waals surface area (Å²) >= 11 is 0. The zero-order chi connectivity index (χ0) is 19.3. The van der Waals surface area contributed by atoms with Crippen LogP contribution >= 0.6 is 0 Å². The van der Waals surface area contributed by atoms with E-state index in [1.54, 1.807) is 10.9 Å². The Kier molecular flexibility index (Phi) is 3.61. The lowest BCUT2D eigenvalue weighted by Gasteiger charge is -2.09. The first kappa shape index (κ1) is 16.4. The number of hydrogen-bond donors (Lipinski definition) is 1. The van der Waals surface area contributed by atoms with Crippen LogP contribution in [-0.2, 0) is 7.05 Å². The molecule has 0 aliphatic rings. The number of aryl methyl sites for hydroxylation is 3. The minimum absolute atomic E-state index is 0.621. The maximum atomic E-state index is 4.67. The summed E-state index contributed by atoms with van der Waals surface area (Å²) in [6.07, 6.45) is 3.57. The molecule has 3 aromatic heterocycles. The number of nitrogens with one attached hydrogen (secondary N) is 1. The van der Waals surface area contributed by atoms with E-state index in [0.717, 1.165) is 33.8 Å². The van der Waals surface area contributed by atoms with Crippen LogP contribution in [-0.4, -0.2) is 34.5 Å². The number of rotatable bonds is 3. The number of nitrogens with zero attached hydrogens (tertiary/aromatic N) is 6. The first-order valence-corrected chi connectivity index (χ1v) is 9.06. The largest absolute Gasteiger partial charge is 0.299 e. The van der Waals surface area contributed by atoms with Crippen molar-refractivity contribution in [3.63, 3.8) is 0 Å². The quantitative estimate of drug-likeness (QED) is 0.524. The molecule has 0 atom stereocenters. The molecule has 0 radical (unpaired) electrons. The van der Waals surface area contributed by atoms with Crippen LogP contribution in [0.1, 0.15) is 11.1 Å². The highest BCUT2D eigenvalue weighted by molar-refractivity contribution is 5.82. The lowest BCUT2D eigenvalue weighted by molar-refractivity contribution is 0.776. The van der Waals surface area contributed by atoms with Crippen molar-refractivity contribution < 1.29 is 0 Å². The van der Waals surface area contributed by atoms with Crippen molar-refractivity contribution in [3.05, 3.63) is 66.1 Å². The number of fused-ring (bicyclic) bond motifs is 1. The highest BCUT2D eigenvalue weighted by Gasteiger charge is 2.14. The lowest BCUT2D eigenvalue weighted by Crippen LogP contribution is -1.97. The van der Waals surface area contributed by atoms with Gasteiger partial charge in [-0.2, -0.15) is 5.10 Å². The molecule has 1 N–H and O–H groups in total. The number of hydrogen-bond acceptors (Lipinski definition) is 4. The SMILES string of the molecule is Cc1ccc(C)c(-n2cnc3cc(-c4nc(-c5ccn[nH]5)nn4C)ccc32)c1. The minimum Gasteiger partial charge on any atom is -0.299 e. The van der Waals surface area contributed by atoms with Crippen molar-refractivity contribution in [2.24, 2.45) is 7.05 Å². The fourth-order valence-electron chi connectivity index (χ4n) is 3.45. The summed E-state index contributed by atoms with van der Waals surface area (Å²) in [6.45, 7) is 4.22. The second kappa shape index (κ2) is 6.16. The number of aromatic amines is 1. The van der Waals surface area contributed by atoms with Crippen LogP contribution in [0.25, 0.3) is 39.6 Å². The van der Waals surface area contributed by atoms with Crippen molar-refractivity contribution in [3.8, 4) is 28.6 Å². The normalized spacial score (nSPS) is 11.4. The second-order valence-corrected chi connectivity index (χ2v) is 6.96. The first-order valence-electron chi connectivity index (χ1n) is 9.06. The van der Waals surface area contributed by atoms with Gasteiger partial charge in [-0.15, -0.1) is 5.10 Å². The van der Waals surface area contributed by atoms with Crippen LogP contribution in [0.4, 0.5) is 0 Å². The summed E-state index contributed by atoms with van der Waals surface area (Å²) in [5.74, 6) is 1.41. The summed E-state index contributed by atoms with van der Waals surface area (Å²) in [5.41, 5.74) is 7.34. The smallest absolute Gasteiger partial charge is 0.199 e. The van der Waals surface area contributed by atoms with E-state index in [1.165, 1.54) is 11.1 Å². The molecule has 5 aromatic rings. The van der Waals surface area contributed by atoms with E-state index in [9.17, 15) is 0 Å². The van der Waals surface area contributed by atoms with Gasteiger partial charge < -0.3 is 0 Å². The average Bonchev–Trinajstić information content (AvgIpc) is 3.42. The number of imidazole rings is 1. The van der Waals surface area contributed by atoms with Crippen LogP contribution in [0.5, 0.6) is 0 Å². The molecule has 3 heterocycles. The zero-order valence-electron chi connectivity index (χ0n) is 15.9. The third-order valence-corrected chi connectivity index (χ3v) is 4.93. The highest BCUT2D eigenvalue weighted by atomic mass is 15.3. The third-order valence-electron chi connectivity index (χ3n) is 4.93. The Bertz CT molecular complexity index is 1290. The van der Waals surface area contributed by atoms with Crippen LogP contribution in [0, 0.1) is 13.8 Å². The van der Waals surface area contributed by atoms with E-state index in [1.807, 2.05) is 19.4 Å². The van der Waals surface area contributed by atoms with E-state index < -0.39 is 0 Å². The van der Waals surface area contributed by atoms with E-state index >= 15 is 0 Å². The van der Waals surface area contributed by atoms with Gasteiger partial charge >= 0.3 is 0 Å². The molecule has 0 aliphatic heterocycles. The predicted octanol–water partition coefficient (Wildman–Crippen LogP) is 3.83. The Balaban J connectivity index is 1.60. The van der Waals surface area contributed by atoms with Gasteiger partial charge in [-0.25, -0.2) is 14.6 Å². The topological polar surface area (TPSA) is 77.2 Å². The molecular weight excluding hydrogens is 350 g/mol. The molecule has 0 bridgehead atoms. The fraction of sp³-hybridized carbons (Fsp3) is 0.143. The van der Waals surface area contributed by atoms with E-state index in [-0.39, 0.29) is 0 Å². The van der Waals surface area contributed by atoms with Crippen molar-refractivity contribution in [1.82, 2.24) is 34.5 Å². The van der Waals surface area contributed by atoms with Gasteiger partial charge in [0.1, 0.15) is 12.0 Å². The van der Waals surface area contributed by atoms with Gasteiger partial charge in [0.25, 0.3) is 0 Å². The lowest BCUT2D eigenvalue weighted by atomic mass is 10.1. The summed E-state index contributed by atoms with van der Waals surface area (Å²) in [6, 6.07) is 14.5. The predicted molar refractivity (Wildman–Crippen MR) is 108 cm³/mol. The van der Waals surface area contributed by atoms with Crippen molar-refractivity contribution >= 4 is 11.0 Å². The van der Waals surface area contributed by atoms with Gasteiger partial charge in [0, 0.05) is 18.8 Å². The molecule has 0 aliphatic carbocycles. The fourth-order valence-corrected chi connectivity index (χ4v) is 3.45. The molecule has 7 nitrogen and oxygen atoms in total. The Morgan fingerprint density at radius 1 is 1.00 bits per heavy atom. The second-order valence-electron chi connectivity index (χ2n) is 6.96. The van der Waals surface area contributed by atoms with Crippen LogP contribution in [0.3, 0.4) is 0 Å². The molecule has 0 saturated carbocycles. The molecule has 0 saturated heterocycles. The molecule has 7 heteroatoms. The monoisotopic (exact) mass is 369 g/mol.